The predicted molar refractivity (Wildman–Crippen MR) is 143 cm³/mol. The second-order valence-corrected chi connectivity index (χ2v) is 7.93. The number of hydrogen-bond acceptors (Lipinski definition) is 4. The lowest BCUT2D eigenvalue weighted by atomic mass is 10.1. The number of carbonyl (C=O) groups is 1. The van der Waals surface area contributed by atoms with Crippen LogP contribution in [0.1, 0.15) is 43.9 Å². The summed E-state index contributed by atoms with van der Waals surface area (Å²) in [4.78, 5) is 18.3. The van der Waals surface area contributed by atoms with Gasteiger partial charge >= 0.3 is 0 Å². The van der Waals surface area contributed by atoms with Gasteiger partial charge in [-0.15, -0.1) is 24.0 Å². The average Bonchev–Trinajstić information content (AvgIpc) is 3.26. The van der Waals surface area contributed by atoms with Crippen LogP contribution >= 0.6 is 24.0 Å². The summed E-state index contributed by atoms with van der Waals surface area (Å²) in [5.41, 5.74) is 3.08. The van der Waals surface area contributed by atoms with Crippen LogP contribution in [-0.2, 0) is 16.1 Å². The third-order valence-corrected chi connectivity index (χ3v) is 5.40. The molecule has 1 aliphatic rings. The Morgan fingerprint density at radius 3 is 2.52 bits per heavy atom. The molecule has 0 aliphatic carbocycles. The number of ether oxygens (including phenoxy) is 1. The van der Waals surface area contributed by atoms with E-state index in [1.165, 1.54) is 0 Å². The zero-order valence-corrected chi connectivity index (χ0v) is 21.7. The molecule has 2 aromatic rings. The molecule has 0 bridgehead atoms. The number of anilines is 1. The molecule has 7 nitrogen and oxygen atoms in total. The molecular weight excluding hydrogens is 531 g/mol. The van der Waals surface area contributed by atoms with Crippen molar-refractivity contribution in [1.29, 1.82) is 0 Å². The molecule has 2 atom stereocenters. The fourth-order valence-corrected chi connectivity index (χ4v) is 3.56. The smallest absolute Gasteiger partial charge is 0.227 e. The van der Waals surface area contributed by atoms with Crippen molar-refractivity contribution in [2.45, 2.75) is 45.4 Å². The van der Waals surface area contributed by atoms with Gasteiger partial charge in [-0.25, -0.2) is 4.99 Å². The fourth-order valence-electron chi connectivity index (χ4n) is 3.56. The molecule has 8 heteroatoms. The molecule has 1 fully saturated rings. The standard InChI is InChI=1S/C25H34N4O3.HI/c1-3-26-25(28-17-23(30)18-32-19(2)21-8-5-4-6-9-21)27-16-20-11-13-22(14-12-20)29-15-7-10-24(29)31;/h4-6,8-9,11-14,19,23,30H,3,7,10,15-18H2,1-2H3,(H2,26,27,28);1H. The van der Waals surface area contributed by atoms with E-state index in [2.05, 4.69) is 15.6 Å². The zero-order chi connectivity index (χ0) is 22.8. The summed E-state index contributed by atoms with van der Waals surface area (Å²) in [6, 6.07) is 17.9. The minimum absolute atomic E-state index is 0. The molecule has 0 spiro atoms. The SMILES string of the molecule is CCNC(=NCc1ccc(N2CCCC2=O)cc1)NCC(O)COC(C)c1ccccc1.I. The Morgan fingerprint density at radius 2 is 1.88 bits per heavy atom. The molecule has 1 amide bonds. The highest BCUT2D eigenvalue weighted by molar-refractivity contribution is 14.0. The number of halogens is 1. The molecular formula is C25H35IN4O3. The molecule has 2 unspecified atom stereocenters. The number of benzene rings is 2. The van der Waals surface area contributed by atoms with E-state index in [4.69, 9.17) is 4.74 Å². The Balaban J connectivity index is 0.00000385. The summed E-state index contributed by atoms with van der Waals surface area (Å²) in [5.74, 6) is 0.830. The van der Waals surface area contributed by atoms with Gasteiger partial charge in [-0.05, 0) is 43.5 Å². The molecule has 0 radical (unpaired) electrons. The first-order chi connectivity index (χ1) is 15.6. The first-order valence-electron chi connectivity index (χ1n) is 11.3. The summed E-state index contributed by atoms with van der Waals surface area (Å²) in [5, 5.41) is 16.7. The van der Waals surface area contributed by atoms with Crippen molar-refractivity contribution in [1.82, 2.24) is 10.6 Å². The molecule has 1 heterocycles. The van der Waals surface area contributed by atoms with Gasteiger partial charge in [0.25, 0.3) is 0 Å². The van der Waals surface area contributed by atoms with Gasteiger partial charge in [0.15, 0.2) is 5.96 Å². The third kappa shape index (κ3) is 8.60. The van der Waals surface area contributed by atoms with E-state index in [1.807, 2.05) is 73.3 Å². The van der Waals surface area contributed by atoms with Crippen molar-refractivity contribution in [2.75, 3.05) is 31.1 Å². The molecule has 0 saturated carbocycles. The van der Waals surface area contributed by atoms with E-state index in [1.54, 1.807) is 0 Å². The average molecular weight is 566 g/mol. The van der Waals surface area contributed by atoms with Crippen LogP contribution in [0.3, 0.4) is 0 Å². The highest BCUT2D eigenvalue weighted by atomic mass is 127. The van der Waals surface area contributed by atoms with Gasteiger partial charge in [0, 0.05) is 31.7 Å². The minimum Gasteiger partial charge on any atom is -0.389 e. The number of carbonyl (C=O) groups excluding carboxylic acids is 1. The molecule has 2 aromatic carbocycles. The second-order valence-electron chi connectivity index (χ2n) is 7.93. The number of hydrogen-bond donors (Lipinski definition) is 3. The Bertz CT molecular complexity index is 877. The summed E-state index contributed by atoms with van der Waals surface area (Å²) >= 11 is 0. The lowest BCUT2D eigenvalue weighted by Gasteiger charge is -2.18. The summed E-state index contributed by atoms with van der Waals surface area (Å²) in [6.07, 6.45) is 0.824. The Morgan fingerprint density at radius 1 is 1.15 bits per heavy atom. The van der Waals surface area contributed by atoms with Crippen LogP contribution in [0.4, 0.5) is 5.69 Å². The lowest BCUT2D eigenvalue weighted by molar-refractivity contribution is -0.117. The van der Waals surface area contributed by atoms with Gasteiger partial charge in [-0.3, -0.25) is 4.79 Å². The molecule has 3 rings (SSSR count). The molecule has 1 saturated heterocycles. The number of aliphatic imine (C=N–C) groups is 1. The Kier molecular flexibility index (Phi) is 11.6. The van der Waals surface area contributed by atoms with Crippen LogP contribution in [0.15, 0.2) is 59.6 Å². The summed E-state index contributed by atoms with van der Waals surface area (Å²) < 4.78 is 5.79. The Labute approximate surface area is 213 Å². The van der Waals surface area contributed by atoms with Crippen molar-refractivity contribution in [3.05, 3.63) is 65.7 Å². The van der Waals surface area contributed by atoms with Gasteiger partial charge in [-0.2, -0.15) is 0 Å². The van der Waals surface area contributed by atoms with Crippen LogP contribution in [0.25, 0.3) is 0 Å². The zero-order valence-electron chi connectivity index (χ0n) is 19.4. The van der Waals surface area contributed by atoms with Gasteiger partial charge in [0.1, 0.15) is 0 Å². The van der Waals surface area contributed by atoms with E-state index in [0.29, 0.717) is 25.5 Å². The highest BCUT2D eigenvalue weighted by Gasteiger charge is 2.21. The number of nitrogens with zero attached hydrogens (tertiary/aromatic N) is 2. The van der Waals surface area contributed by atoms with Gasteiger partial charge < -0.3 is 25.4 Å². The maximum Gasteiger partial charge on any atom is 0.227 e. The predicted octanol–water partition coefficient (Wildman–Crippen LogP) is 3.63. The quantitative estimate of drug-likeness (QED) is 0.233. The molecule has 180 valence electrons. The van der Waals surface area contributed by atoms with Gasteiger partial charge in [0.2, 0.25) is 5.91 Å². The van der Waals surface area contributed by atoms with Crippen LogP contribution in [0.2, 0.25) is 0 Å². The number of rotatable bonds is 10. The number of amides is 1. The van der Waals surface area contributed by atoms with Crippen molar-refractivity contribution < 1.29 is 14.6 Å². The number of nitrogens with one attached hydrogen (secondary N) is 2. The van der Waals surface area contributed by atoms with Crippen molar-refractivity contribution in [3.63, 3.8) is 0 Å². The van der Waals surface area contributed by atoms with Crippen LogP contribution in [-0.4, -0.2) is 49.3 Å². The van der Waals surface area contributed by atoms with E-state index in [0.717, 1.165) is 36.3 Å². The largest absolute Gasteiger partial charge is 0.389 e. The van der Waals surface area contributed by atoms with Gasteiger partial charge in [-0.1, -0.05) is 42.5 Å². The molecule has 0 aromatic heterocycles. The van der Waals surface area contributed by atoms with Crippen molar-refractivity contribution in [2.24, 2.45) is 4.99 Å². The van der Waals surface area contributed by atoms with E-state index in [9.17, 15) is 9.90 Å². The van der Waals surface area contributed by atoms with Crippen molar-refractivity contribution >= 4 is 41.5 Å². The fraction of sp³-hybridized carbons (Fsp3) is 0.440. The molecule has 33 heavy (non-hydrogen) atoms. The maximum atomic E-state index is 11.9. The first kappa shape index (κ1) is 27.1. The highest BCUT2D eigenvalue weighted by Crippen LogP contribution is 2.21. The third-order valence-electron chi connectivity index (χ3n) is 5.40. The van der Waals surface area contributed by atoms with E-state index < -0.39 is 6.10 Å². The minimum atomic E-state index is -0.651. The van der Waals surface area contributed by atoms with Crippen LogP contribution in [0.5, 0.6) is 0 Å². The van der Waals surface area contributed by atoms with Gasteiger partial charge in [0.05, 0.1) is 25.4 Å². The Hall–Kier alpha value is -2.17. The maximum absolute atomic E-state index is 11.9. The van der Waals surface area contributed by atoms with Crippen LogP contribution < -0.4 is 15.5 Å². The molecule has 1 aliphatic heterocycles. The lowest BCUT2D eigenvalue weighted by Crippen LogP contribution is -2.42. The number of guanidine groups is 1. The number of aliphatic hydroxyl groups excluding tert-OH is 1. The van der Waals surface area contributed by atoms with Crippen LogP contribution in [0, 0.1) is 0 Å². The summed E-state index contributed by atoms with van der Waals surface area (Å²) in [6.45, 7) is 6.57. The monoisotopic (exact) mass is 566 g/mol. The number of aliphatic hydroxyl groups is 1. The van der Waals surface area contributed by atoms with E-state index >= 15 is 0 Å². The first-order valence-corrected chi connectivity index (χ1v) is 11.3. The molecule has 3 N–H and O–H groups in total. The normalized spacial score (nSPS) is 15.7. The topological polar surface area (TPSA) is 86.2 Å². The van der Waals surface area contributed by atoms with Crippen molar-refractivity contribution in [3.8, 4) is 0 Å². The summed E-state index contributed by atoms with van der Waals surface area (Å²) in [7, 11) is 0. The second kappa shape index (κ2) is 14.2. The van der Waals surface area contributed by atoms with E-state index in [-0.39, 0.29) is 42.6 Å².